The Hall–Kier alpha value is -1.63. The van der Waals surface area contributed by atoms with Crippen LogP contribution in [-0.2, 0) is 11.3 Å². The molecule has 0 bridgehead atoms. The summed E-state index contributed by atoms with van der Waals surface area (Å²) in [6.45, 7) is 5.30. The minimum absolute atomic E-state index is 0.279. The molecule has 0 spiro atoms. The minimum atomic E-state index is 0.279. The molecule has 162 valence electrons. The molecule has 5 rings (SSSR count). The van der Waals surface area contributed by atoms with E-state index in [1.165, 1.54) is 57.8 Å². The van der Waals surface area contributed by atoms with Gasteiger partial charge in [0.1, 0.15) is 6.07 Å². The van der Waals surface area contributed by atoms with Gasteiger partial charge in [0, 0.05) is 12.6 Å². The Morgan fingerprint density at radius 2 is 2.00 bits per heavy atom. The van der Waals surface area contributed by atoms with Gasteiger partial charge in [-0.2, -0.15) is 10.4 Å². The van der Waals surface area contributed by atoms with Gasteiger partial charge in [0.15, 0.2) is 5.78 Å². The number of fused-ring (bicyclic) bond motifs is 5. The number of carbonyl (C=O) groups is 1. The molecule has 0 amide bonds. The lowest BCUT2D eigenvalue weighted by molar-refractivity contribution is -0.123. The molecule has 4 fully saturated rings. The summed E-state index contributed by atoms with van der Waals surface area (Å²) in [6, 6.07) is 2.09. The summed E-state index contributed by atoms with van der Waals surface area (Å²) >= 11 is 0. The van der Waals surface area contributed by atoms with Gasteiger partial charge in [-0.3, -0.25) is 9.48 Å². The molecule has 4 aliphatic rings. The molecule has 4 heteroatoms. The number of carbonyl (C=O) groups excluding carboxylic acids is 1. The first kappa shape index (κ1) is 20.3. The smallest absolute Gasteiger partial charge is 0.154 e. The summed E-state index contributed by atoms with van der Waals surface area (Å²) in [5, 5.41) is 13.1. The Bertz CT molecular complexity index is 838. The van der Waals surface area contributed by atoms with Gasteiger partial charge in [-0.15, -0.1) is 0 Å². The Balaban J connectivity index is 1.25. The summed E-state index contributed by atoms with van der Waals surface area (Å²) in [6.07, 6.45) is 16.5. The molecule has 0 N–H and O–H groups in total. The van der Waals surface area contributed by atoms with Crippen molar-refractivity contribution in [3.8, 4) is 6.07 Å². The lowest BCUT2D eigenvalue weighted by Gasteiger charge is -2.56. The van der Waals surface area contributed by atoms with Crippen molar-refractivity contribution in [3.63, 3.8) is 0 Å². The normalized spacial score (nSPS) is 42.6. The number of ketones is 1. The number of nitrogens with zero attached hydrogens (tertiary/aromatic N) is 3. The zero-order chi connectivity index (χ0) is 20.9. The first-order valence-corrected chi connectivity index (χ1v) is 12.4. The van der Waals surface area contributed by atoms with Gasteiger partial charge in [-0.05, 0) is 98.2 Å². The highest BCUT2D eigenvalue weighted by atomic mass is 16.1. The van der Waals surface area contributed by atoms with Crippen molar-refractivity contribution >= 4 is 5.78 Å². The first-order valence-electron chi connectivity index (χ1n) is 12.4. The van der Waals surface area contributed by atoms with E-state index in [4.69, 9.17) is 5.26 Å². The molecule has 1 aromatic heterocycles. The SMILES string of the molecule is C[C@H]1CC[C@H]2C(CCC3C2CC[C@]2(C)C(CC(=O)Cn4cc(C#N)cn4)CCC32)C1. The molecule has 1 heterocycles. The van der Waals surface area contributed by atoms with Crippen LogP contribution in [0.3, 0.4) is 0 Å². The van der Waals surface area contributed by atoms with Crippen LogP contribution in [0.5, 0.6) is 0 Å². The molecule has 1 aromatic rings. The van der Waals surface area contributed by atoms with E-state index in [2.05, 4.69) is 25.0 Å². The van der Waals surface area contributed by atoms with Gasteiger partial charge in [0.2, 0.25) is 0 Å². The summed E-state index contributed by atoms with van der Waals surface area (Å²) in [5.41, 5.74) is 0.884. The van der Waals surface area contributed by atoms with E-state index in [0.717, 1.165) is 35.5 Å². The minimum Gasteiger partial charge on any atom is -0.298 e. The number of nitriles is 1. The molecule has 0 aliphatic heterocycles. The van der Waals surface area contributed by atoms with Gasteiger partial charge < -0.3 is 0 Å². The van der Waals surface area contributed by atoms with Crippen LogP contribution in [0.4, 0.5) is 0 Å². The van der Waals surface area contributed by atoms with Crippen LogP contribution in [0, 0.1) is 58.2 Å². The van der Waals surface area contributed by atoms with E-state index >= 15 is 0 Å². The van der Waals surface area contributed by atoms with Gasteiger partial charge in [-0.25, -0.2) is 0 Å². The Kier molecular flexibility index (Phi) is 5.28. The van der Waals surface area contributed by atoms with E-state index in [0.29, 0.717) is 29.9 Å². The van der Waals surface area contributed by atoms with Crippen molar-refractivity contribution in [2.24, 2.45) is 46.8 Å². The molecule has 4 saturated carbocycles. The standard InChI is InChI=1S/C26H37N3O/c1-17-3-6-22-19(11-17)4-7-24-23(22)9-10-26(2)20(5-8-25(24)26)12-21(30)16-29-15-18(13-27)14-28-29/h14-15,17,19-20,22-25H,3-12,16H2,1-2H3/t17-,19?,20?,22-,23?,24?,25?,26+/m0/s1. The van der Waals surface area contributed by atoms with E-state index in [-0.39, 0.29) is 5.78 Å². The monoisotopic (exact) mass is 407 g/mol. The zero-order valence-electron chi connectivity index (χ0n) is 18.7. The third kappa shape index (κ3) is 3.43. The molecule has 5 unspecified atom stereocenters. The molecule has 4 aliphatic carbocycles. The Morgan fingerprint density at radius 3 is 2.80 bits per heavy atom. The highest BCUT2D eigenvalue weighted by Gasteiger charge is 2.56. The van der Waals surface area contributed by atoms with Gasteiger partial charge >= 0.3 is 0 Å². The van der Waals surface area contributed by atoms with Crippen LogP contribution < -0.4 is 0 Å². The number of rotatable bonds is 4. The van der Waals surface area contributed by atoms with E-state index < -0.39 is 0 Å². The molecule has 0 radical (unpaired) electrons. The maximum atomic E-state index is 12.8. The van der Waals surface area contributed by atoms with Crippen molar-refractivity contribution in [2.75, 3.05) is 0 Å². The average Bonchev–Trinajstić information content (AvgIpc) is 3.31. The third-order valence-corrected chi connectivity index (χ3v) is 9.99. The van der Waals surface area contributed by atoms with Crippen LogP contribution in [0.2, 0.25) is 0 Å². The van der Waals surface area contributed by atoms with Crippen LogP contribution in [0.1, 0.15) is 83.6 Å². The van der Waals surface area contributed by atoms with Crippen molar-refractivity contribution in [1.29, 1.82) is 5.26 Å². The highest BCUT2D eigenvalue weighted by molar-refractivity contribution is 5.78. The second kappa shape index (κ2) is 7.81. The second-order valence-electron chi connectivity index (χ2n) is 11.5. The number of Topliss-reactive ketones (excluding diaryl/α,β-unsaturated/α-hetero) is 1. The summed E-state index contributed by atoms with van der Waals surface area (Å²) in [4.78, 5) is 12.8. The average molecular weight is 408 g/mol. The largest absolute Gasteiger partial charge is 0.298 e. The lowest BCUT2D eigenvalue weighted by Crippen LogP contribution is -2.48. The maximum absolute atomic E-state index is 12.8. The molecule has 0 aromatic carbocycles. The van der Waals surface area contributed by atoms with Crippen molar-refractivity contribution in [2.45, 2.75) is 84.6 Å². The quantitative estimate of drug-likeness (QED) is 0.651. The molecule has 0 saturated heterocycles. The summed E-state index contributed by atoms with van der Waals surface area (Å²) in [5.74, 6) is 6.49. The van der Waals surface area contributed by atoms with E-state index in [9.17, 15) is 4.79 Å². The molecular weight excluding hydrogens is 370 g/mol. The number of hydrogen-bond acceptors (Lipinski definition) is 3. The van der Waals surface area contributed by atoms with Crippen LogP contribution in [0.25, 0.3) is 0 Å². The molecule has 30 heavy (non-hydrogen) atoms. The first-order chi connectivity index (χ1) is 14.5. The van der Waals surface area contributed by atoms with Crippen molar-refractivity contribution in [3.05, 3.63) is 18.0 Å². The fourth-order valence-electron chi connectivity index (χ4n) is 8.56. The highest BCUT2D eigenvalue weighted by Crippen LogP contribution is 2.64. The van der Waals surface area contributed by atoms with Crippen LogP contribution in [-0.4, -0.2) is 15.6 Å². The fourth-order valence-corrected chi connectivity index (χ4v) is 8.56. The van der Waals surface area contributed by atoms with Gasteiger partial charge in [0.05, 0.1) is 18.3 Å². The molecule has 8 atom stereocenters. The lowest BCUT2D eigenvalue weighted by atomic mass is 9.49. The molecule has 4 nitrogen and oxygen atoms in total. The number of aromatic nitrogens is 2. The van der Waals surface area contributed by atoms with E-state index in [1.54, 1.807) is 17.1 Å². The Labute approximate surface area is 181 Å². The van der Waals surface area contributed by atoms with Crippen molar-refractivity contribution < 1.29 is 4.79 Å². The van der Waals surface area contributed by atoms with E-state index in [1.807, 2.05) is 0 Å². The predicted octanol–water partition coefficient (Wildman–Crippen LogP) is 5.62. The van der Waals surface area contributed by atoms with Crippen LogP contribution in [0.15, 0.2) is 12.4 Å². The van der Waals surface area contributed by atoms with Crippen LogP contribution >= 0.6 is 0 Å². The molecular formula is C26H37N3O. The second-order valence-corrected chi connectivity index (χ2v) is 11.5. The predicted molar refractivity (Wildman–Crippen MR) is 116 cm³/mol. The zero-order valence-corrected chi connectivity index (χ0v) is 18.7. The van der Waals surface area contributed by atoms with Crippen molar-refractivity contribution in [1.82, 2.24) is 9.78 Å². The maximum Gasteiger partial charge on any atom is 0.154 e. The topological polar surface area (TPSA) is 58.7 Å². The fraction of sp³-hybridized carbons (Fsp3) is 0.808. The summed E-state index contributed by atoms with van der Waals surface area (Å²) < 4.78 is 1.64. The van der Waals surface area contributed by atoms with Gasteiger partial charge in [0.25, 0.3) is 0 Å². The third-order valence-electron chi connectivity index (χ3n) is 9.99. The van der Waals surface area contributed by atoms with Gasteiger partial charge in [-0.1, -0.05) is 20.3 Å². The summed E-state index contributed by atoms with van der Waals surface area (Å²) in [7, 11) is 0. The number of hydrogen-bond donors (Lipinski definition) is 0. The Morgan fingerprint density at radius 1 is 1.17 bits per heavy atom.